The Morgan fingerprint density at radius 2 is 1.74 bits per heavy atom. The fourth-order valence-corrected chi connectivity index (χ4v) is 3.01. The van der Waals surface area contributed by atoms with E-state index < -0.39 is 0 Å². The highest BCUT2D eigenvalue weighted by Gasteiger charge is 2.32. The third-order valence-electron chi connectivity index (χ3n) is 4.18. The standard InChI is InChI=1S/C18H16N4O/c1-21-14-10-6-5-9-13(14)20-18(21)16-15(23)11-22(17(16)19)12-7-3-2-4-8-12/h2-10,19,23H,11H2,1H3. The molecule has 0 fully saturated rings. The van der Waals surface area contributed by atoms with Crippen molar-refractivity contribution in [2.75, 3.05) is 11.4 Å². The average Bonchev–Trinajstić information content (AvgIpc) is 3.05. The largest absolute Gasteiger partial charge is 0.509 e. The van der Waals surface area contributed by atoms with Crippen LogP contribution in [-0.4, -0.2) is 27.0 Å². The van der Waals surface area contributed by atoms with Crippen LogP contribution in [0.15, 0.2) is 60.4 Å². The molecule has 2 N–H and O–H groups in total. The maximum absolute atomic E-state index is 10.4. The van der Waals surface area contributed by atoms with Crippen molar-refractivity contribution in [1.29, 1.82) is 5.41 Å². The summed E-state index contributed by atoms with van der Waals surface area (Å²) in [6.45, 7) is 0.293. The van der Waals surface area contributed by atoms with Gasteiger partial charge in [0, 0.05) is 12.7 Å². The molecule has 4 rings (SSSR count). The van der Waals surface area contributed by atoms with Gasteiger partial charge >= 0.3 is 0 Å². The van der Waals surface area contributed by atoms with Crippen LogP contribution in [0.3, 0.4) is 0 Å². The predicted molar refractivity (Wildman–Crippen MR) is 91.8 cm³/mol. The first-order valence-corrected chi connectivity index (χ1v) is 7.42. The molecule has 23 heavy (non-hydrogen) atoms. The van der Waals surface area contributed by atoms with E-state index in [1.165, 1.54) is 0 Å². The second-order valence-electron chi connectivity index (χ2n) is 5.58. The summed E-state index contributed by atoms with van der Waals surface area (Å²) >= 11 is 0. The van der Waals surface area contributed by atoms with Crippen molar-refractivity contribution >= 4 is 28.1 Å². The summed E-state index contributed by atoms with van der Waals surface area (Å²) in [7, 11) is 1.91. The number of fused-ring (bicyclic) bond motifs is 1. The third kappa shape index (κ3) is 2.01. The number of amidine groups is 1. The average molecular weight is 304 g/mol. The summed E-state index contributed by atoms with van der Waals surface area (Å²) in [6, 6.07) is 17.4. The van der Waals surface area contributed by atoms with Gasteiger partial charge < -0.3 is 14.6 Å². The molecule has 0 spiro atoms. The van der Waals surface area contributed by atoms with Gasteiger partial charge in [-0.15, -0.1) is 0 Å². The van der Waals surface area contributed by atoms with Gasteiger partial charge in [0.15, 0.2) is 0 Å². The van der Waals surface area contributed by atoms with Crippen molar-refractivity contribution in [2.45, 2.75) is 0 Å². The van der Waals surface area contributed by atoms with Crippen LogP contribution in [0.25, 0.3) is 16.6 Å². The fourth-order valence-electron chi connectivity index (χ4n) is 3.01. The first kappa shape index (κ1) is 13.6. The van der Waals surface area contributed by atoms with E-state index in [0.29, 0.717) is 17.9 Å². The Labute approximate surface area is 133 Å². The summed E-state index contributed by atoms with van der Waals surface area (Å²) < 4.78 is 1.92. The predicted octanol–water partition coefficient (Wildman–Crippen LogP) is 3.34. The first-order chi connectivity index (χ1) is 11.2. The molecule has 0 radical (unpaired) electrons. The number of aryl methyl sites for hydroxylation is 1. The van der Waals surface area contributed by atoms with E-state index in [0.717, 1.165) is 16.7 Å². The Balaban J connectivity index is 1.80. The van der Waals surface area contributed by atoms with Gasteiger partial charge in [-0.3, -0.25) is 5.41 Å². The molecule has 0 saturated carbocycles. The number of anilines is 1. The van der Waals surface area contributed by atoms with Crippen molar-refractivity contribution in [3.8, 4) is 0 Å². The number of aliphatic hydroxyl groups is 1. The van der Waals surface area contributed by atoms with Gasteiger partial charge in [0.2, 0.25) is 0 Å². The molecule has 1 aliphatic rings. The summed E-state index contributed by atoms with van der Waals surface area (Å²) in [5, 5.41) is 18.9. The van der Waals surface area contributed by atoms with Gasteiger partial charge in [-0.2, -0.15) is 0 Å². The van der Waals surface area contributed by atoms with E-state index in [4.69, 9.17) is 5.41 Å². The lowest BCUT2D eigenvalue weighted by Gasteiger charge is -2.18. The van der Waals surface area contributed by atoms with Crippen molar-refractivity contribution in [3.63, 3.8) is 0 Å². The lowest BCUT2D eigenvalue weighted by molar-refractivity contribution is 0.411. The molecular formula is C18H16N4O. The zero-order valence-corrected chi connectivity index (χ0v) is 12.7. The summed E-state index contributed by atoms with van der Waals surface area (Å²) in [4.78, 5) is 6.38. The number of hydrogen-bond acceptors (Lipinski definition) is 3. The van der Waals surface area contributed by atoms with Crippen LogP contribution in [0, 0.1) is 5.41 Å². The number of aromatic nitrogens is 2. The molecule has 1 aliphatic heterocycles. The van der Waals surface area contributed by atoms with Gasteiger partial charge in [0.1, 0.15) is 17.4 Å². The lowest BCUT2D eigenvalue weighted by Crippen LogP contribution is -2.26. The Hall–Kier alpha value is -3.08. The Bertz CT molecular complexity index is 940. The van der Waals surface area contributed by atoms with Crippen LogP contribution in [0.5, 0.6) is 0 Å². The van der Waals surface area contributed by atoms with E-state index in [2.05, 4.69) is 4.98 Å². The Kier molecular flexibility index (Phi) is 2.94. The smallest absolute Gasteiger partial charge is 0.148 e. The monoisotopic (exact) mass is 304 g/mol. The molecular weight excluding hydrogens is 288 g/mol. The molecule has 0 bridgehead atoms. The van der Waals surface area contributed by atoms with Crippen LogP contribution in [0.1, 0.15) is 5.82 Å². The minimum atomic E-state index is 0.178. The minimum absolute atomic E-state index is 0.178. The molecule has 0 atom stereocenters. The minimum Gasteiger partial charge on any atom is -0.509 e. The normalized spacial score (nSPS) is 15.0. The van der Waals surface area contributed by atoms with Gasteiger partial charge in [-0.25, -0.2) is 4.98 Å². The van der Waals surface area contributed by atoms with E-state index in [1.54, 1.807) is 4.90 Å². The maximum Gasteiger partial charge on any atom is 0.148 e. The highest BCUT2D eigenvalue weighted by Crippen LogP contribution is 2.31. The molecule has 0 aliphatic carbocycles. The number of nitrogens with one attached hydrogen (secondary N) is 1. The molecule has 0 saturated heterocycles. The molecule has 114 valence electrons. The van der Waals surface area contributed by atoms with E-state index in [9.17, 15) is 5.11 Å². The van der Waals surface area contributed by atoms with Crippen molar-refractivity contribution in [1.82, 2.24) is 9.55 Å². The topological polar surface area (TPSA) is 65.1 Å². The van der Waals surface area contributed by atoms with E-state index in [1.807, 2.05) is 66.2 Å². The highest BCUT2D eigenvalue weighted by atomic mass is 16.3. The lowest BCUT2D eigenvalue weighted by atomic mass is 10.2. The van der Waals surface area contributed by atoms with Gasteiger partial charge in [-0.05, 0) is 24.3 Å². The van der Waals surface area contributed by atoms with Crippen LogP contribution >= 0.6 is 0 Å². The third-order valence-corrected chi connectivity index (χ3v) is 4.18. The number of hydrogen-bond donors (Lipinski definition) is 2. The molecule has 1 aromatic heterocycles. The number of para-hydroxylation sites is 3. The summed E-state index contributed by atoms with van der Waals surface area (Å²) in [5.41, 5.74) is 3.22. The maximum atomic E-state index is 10.4. The van der Waals surface area contributed by atoms with Crippen molar-refractivity contribution in [3.05, 3.63) is 66.2 Å². The summed E-state index contributed by atoms with van der Waals surface area (Å²) in [6.07, 6.45) is 0. The van der Waals surface area contributed by atoms with Crippen LogP contribution in [-0.2, 0) is 7.05 Å². The molecule has 3 aromatic rings. The SMILES string of the molecule is Cn1c(C2=C(O)CN(c3ccccc3)C2=N)nc2ccccc21. The molecule has 2 heterocycles. The summed E-state index contributed by atoms with van der Waals surface area (Å²) in [5.74, 6) is 1.07. The van der Waals surface area contributed by atoms with Crippen molar-refractivity contribution < 1.29 is 5.11 Å². The zero-order chi connectivity index (χ0) is 16.0. The van der Waals surface area contributed by atoms with Crippen LogP contribution in [0.2, 0.25) is 0 Å². The molecule has 0 unspecified atom stereocenters. The van der Waals surface area contributed by atoms with E-state index in [-0.39, 0.29) is 11.6 Å². The quantitative estimate of drug-likeness (QED) is 0.763. The van der Waals surface area contributed by atoms with Gasteiger partial charge in [0.05, 0.1) is 23.2 Å². The number of benzene rings is 2. The molecule has 0 amide bonds. The van der Waals surface area contributed by atoms with Crippen molar-refractivity contribution in [2.24, 2.45) is 7.05 Å². The molecule has 2 aromatic carbocycles. The second kappa shape index (κ2) is 4.98. The van der Waals surface area contributed by atoms with Gasteiger partial charge in [0.25, 0.3) is 0 Å². The number of nitrogens with zero attached hydrogens (tertiary/aromatic N) is 3. The number of rotatable bonds is 2. The van der Waals surface area contributed by atoms with E-state index >= 15 is 0 Å². The molecule has 5 nitrogen and oxygen atoms in total. The number of imidazole rings is 1. The van der Waals surface area contributed by atoms with Crippen LogP contribution in [0.4, 0.5) is 5.69 Å². The fraction of sp³-hybridized carbons (Fsp3) is 0.111. The second-order valence-corrected chi connectivity index (χ2v) is 5.58. The Morgan fingerprint density at radius 1 is 1.04 bits per heavy atom. The Morgan fingerprint density at radius 3 is 2.48 bits per heavy atom. The van der Waals surface area contributed by atoms with Crippen LogP contribution < -0.4 is 4.90 Å². The zero-order valence-electron chi connectivity index (χ0n) is 12.7. The number of aliphatic hydroxyl groups excluding tert-OH is 1. The highest BCUT2D eigenvalue weighted by molar-refractivity contribution is 6.30. The van der Waals surface area contributed by atoms with Gasteiger partial charge in [-0.1, -0.05) is 30.3 Å². The first-order valence-electron chi connectivity index (χ1n) is 7.42. The molecule has 5 heteroatoms.